The molecule has 6 nitrogen and oxygen atoms in total. The Hall–Kier alpha value is -3.15. The molecule has 138 valence electrons. The Morgan fingerprint density at radius 1 is 1.04 bits per heavy atom. The zero-order chi connectivity index (χ0) is 18.5. The molecule has 1 fully saturated rings. The number of benzene rings is 1. The molecule has 1 aliphatic rings. The number of hydrogen-bond acceptors (Lipinski definition) is 4. The van der Waals surface area contributed by atoms with E-state index in [1.807, 2.05) is 12.3 Å². The topological polar surface area (TPSA) is 63.1 Å². The van der Waals surface area contributed by atoms with Crippen molar-refractivity contribution in [3.05, 3.63) is 72.2 Å². The summed E-state index contributed by atoms with van der Waals surface area (Å²) in [5, 5.41) is 7.08. The van der Waals surface area contributed by atoms with Crippen molar-refractivity contribution in [3.63, 3.8) is 0 Å². The summed E-state index contributed by atoms with van der Waals surface area (Å²) in [6.45, 7) is 2.77. The van der Waals surface area contributed by atoms with Crippen LogP contribution in [-0.2, 0) is 6.54 Å². The minimum absolute atomic E-state index is 0.130. The van der Waals surface area contributed by atoms with Crippen molar-refractivity contribution >= 4 is 11.6 Å². The molecular formula is C21H23N5O. The highest BCUT2D eigenvalue weighted by Crippen LogP contribution is 2.20. The average molecular weight is 361 g/mol. The fourth-order valence-corrected chi connectivity index (χ4v) is 3.32. The van der Waals surface area contributed by atoms with Gasteiger partial charge in [0.1, 0.15) is 0 Å². The van der Waals surface area contributed by atoms with Gasteiger partial charge in [0.2, 0.25) is 0 Å². The van der Waals surface area contributed by atoms with E-state index in [9.17, 15) is 4.79 Å². The number of hydrogen-bond donors (Lipinski definition) is 1. The molecule has 3 heterocycles. The van der Waals surface area contributed by atoms with Crippen LogP contribution in [0.2, 0.25) is 0 Å². The van der Waals surface area contributed by atoms with Crippen LogP contribution in [0.25, 0.3) is 5.82 Å². The standard InChI is InChI=1S/C21H23N5O/c27-21(18-7-10-20(22-16-18)26-14-4-11-24-26)23-15-17-5-8-19(9-6-17)25-12-2-1-3-13-25/h4-11,14,16H,1-3,12-13,15H2,(H,23,27). The number of aromatic nitrogens is 3. The quantitative estimate of drug-likeness (QED) is 0.758. The summed E-state index contributed by atoms with van der Waals surface area (Å²) < 4.78 is 1.66. The van der Waals surface area contributed by atoms with Gasteiger partial charge in [-0.3, -0.25) is 4.79 Å². The zero-order valence-corrected chi connectivity index (χ0v) is 15.2. The Kier molecular flexibility index (Phi) is 5.14. The van der Waals surface area contributed by atoms with Gasteiger partial charge in [-0.1, -0.05) is 12.1 Å². The Morgan fingerprint density at radius 3 is 2.52 bits per heavy atom. The van der Waals surface area contributed by atoms with E-state index in [1.54, 1.807) is 29.2 Å². The Labute approximate surface area is 158 Å². The summed E-state index contributed by atoms with van der Waals surface area (Å²) in [5.41, 5.74) is 2.89. The Morgan fingerprint density at radius 2 is 1.85 bits per heavy atom. The predicted octanol–water partition coefficient (Wildman–Crippen LogP) is 3.19. The molecule has 3 aromatic rings. The van der Waals surface area contributed by atoms with Crippen LogP contribution < -0.4 is 10.2 Å². The third kappa shape index (κ3) is 4.16. The van der Waals surface area contributed by atoms with Crippen LogP contribution in [0.1, 0.15) is 35.2 Å². The van der Waals surface area contributed by atoms with Gasteiger partial charge in [0.15, 0.2) is 5.82 Å². The van der Waals surface area contributed by atoms with Gasteiger partial charge in [-0.25, -0.2) is 9.67 Å². The van der Waals surface area contributed by atoms with E-state index < -0.39 is 0 Å². The maximum absolute atomic E-state index is 12.3. The molecule has 4 rings (SSSR count). The van der Waals surface area contributed by atoms with Crippen LogP contribution >= 0.6 is 0 Å². The van der Waals surface area contributed by atoms with Gasteiger partial charge in [-0.15, -0.1) is 0 Å². The minimum atomic E-state index is -0.130. The molecule has 0 unspecified atom stereocenters. The Bertz CT molecular complexity index is 866. The van der Waals surface area contributed by atoms with Crippen molar-refractivity contribution in [2.24, 2.45) is 0 Å². The number of piperidine rings is 1. The van der Waals surface area contributed by atoms with Crippen molar-refractivity contribution in [2.45, 2.75) is 25.8 Å². The number of pyridine rings is 1. The number of nitrogens with zero attached hydrogens (tertiary/aromatic N) is 4. The maximum atomic E-state index is 12.3. The highest BCUT2D eigenvalue weighted by molar-refractivity contribution is 5.93. The summed E-state index contributed by atoms with van der Waals surface area (Å²) in [6.07, 6.45) is 8.95. The first-order chi connectivity index (χ1) is 13.3. The molecule has 6 heteroatoms. The summed E-state index contributed by atoms with van der Waals surface area (Å²) >= 11 is 0. The Balaban J connectivity index is 1.33. The fraction of sp³-hybridized carbons (Fsp3) is 0.286. The fourth-order valence-electron chi connectivity index (χ4n) is 3.32. The lowest BCUT2D eigenvalue weighted by molar-refractivity contribution is 0.0950. The van der Waals surface area contributed by atoms with Crippen molar-refractivity contribution in [1.82, 2.24) is 20.1 Å². The highest BCUT2D eigenvalue weighted by Gasteiger charge is 2.11. The number of carbonyl (C=O) groups is 1. The number of carbonyl (C=O) groups excluding carboxylic acids is 1. The highest BCUT2D eigenvalue weighted by atomic mass is 16.1. The number of anilines is 1. The van der Waals surface area contributed by atoms with Gasteiger partial charge in [0, 0.05) is 43.9 Å². The largest absolute Gasteiger partial charge is 0.372 e. The monoisotopic (exact) mass is 361 g/mol. The number of rotatable bonds is 5. The van der Waals surface area contributed by atoms with E-state index in [0.29, 0.717) is 17.9 Å². The van der Waals surface area contributed by atoms with Gasteiger partial charge in [0.25, 0.3) is 5.91 Å². The normalized spacial score (nSPS) is 14.1. The first-order valence-electron chi connectivity index (χ1n) is 9.38. The number of nitrogens with one attached hydrogen (secondary N) is 1. The molecule has 27 heavy (non-hydrogen) atoms. The molecule has 1 aromatic carbocycles. The van der Waals surface area contributed by atoms with Gasteiger partial charge in [-0.05, 0) is 55.2 Å². The molecule has 0 saturated carbocycles. The van der Waals surface area contributed by atoms with Crippen molar-refractivity contribution in [1.29, 1.82) is 0 Å². The summed E-state index contributed by atoms with van der Waals surface area (Å²) in [7, 11) is 0. The molecule has 1 saturated heterocycles. The molecule has 0 aliphatic carbocycles. The van der Waals surface area contributed by atoms with E-state index in [4.69, 9.17) is 0 Å². The SMILES string of the molecule is O=C(NCc1ccc(N2CCCCC2)cc1)c1ccc(-n2cccn2)nc1. The third-order valence-corrected chi connectivity index (χ3v) is 4.86. The first kappa shape index (κ1) is 17.3. The second kappa shape index (κ2) is 8.03. The van der Waals surface area contributed by atoms with E-state index in [2.05, 4.69) is 44.6 Å². The zero-order valence-electron chi connectivity index (χ0n) is 15.2. The van der Waals surface area contributed by atoms with Crippen molar-refractivity contribution in [3.8, 4) is 5.82 Å². The minimum Gasteiger partial charge on any atom is -0.372 e. The first-order valence-corrected chi connectivity index (χ1v) is 9.38. The summed E-state index contributed by atoms with van der Waals surface area (Å²) in [6, 6.07) is 13.8. The molecule has 0 spiro atoms. The summed E-state index contributed by atoms with van der Waals surface area (Å²) in [5.74, 6) is 0.555. The lowest BCUT2D eigenvalue weighted by Crippen LogP contribution is -2.29. The molecular weight excluding hydrogens is 338 g/mol. The number of amides is 1. The van der Waals surface area contributed by atoms with Crippen LogP contribution in [-0.4, -0.2) is 33.8 Å². The van der Waals surface area contributed by atoms with E-state index >= 15 is 0 Å². The van der Waals surface area contributed by atoms with E-state index in [0.717, 1.165) is 18.7 Å². The average Bonchev–Trinajstić information content (AvgIpc) is 3.28. The van der Waals surface area contributed by atoms with Gasteiger partial charge in [-0.2, -0.15) is 5.10 Å². The van der Waals surface area contributed by atoms with Crippen LogP contribution in [0.5, 0.6) is 0 Å². The molecule has 2 aromatic heterocycles. The smallest absolute Gasteiger partial charge is 0.253 e. The lowest BCUT2D eigenvalue weighted by atomic mass is 10.1. The van der Waals surface area contributed by atoms with Crippen molar-refractivity contribution in [2.75, 3.05) is 18.0 Å². The predicted molar refractivity (Wildman–Crippen MR) is 105 cm³/mol. The molecule has 0 atom stereocenters. The molecule has 0 radical (unpaired) electrons. The van der Waals surface area contributed by atoms with E-state index in [1.165, 1.54) is 24.9 Å². The molecule has 1 N–H and O–H groups in total. The third-order valence-electron chi connectivity index (χ3n) is 4.86. The second-order valence-corrected chi connectivity index (χ2v) is 6.75. The van der Waals surface area contributed by atoms with Gasteiger partial charge in [0.05, 0.1) is 5.56 Å². The van der Waals surface area contributed by atoms with Crippen LogP contribution in [0.15, 0.2) is 61.1 Å². The van der Waals surface area contributed by atoms with Crippen LogP contribution in [0.3, 0.4) is 0 Å². The maximum Gasteiger partial charge on any atom is 0.253 e. The second-order valence-electron chi connectivity index (χ2n) is 6.75. The molecule has 0 bridgehead atoms. The van der Waals surface area contributed by atoms with Gasteiger partial charge >= 0.3 is 0 Å². The summed E-state index contributed by atoms with van der Waals surface area (Å²) in [4.78, 5) is 19.1. The van der Waals surface area contributed by atoms with Crippen LogP contribution in [0.4, 0.5) is 5.69 Å². The molecule has 1 aliphatic heterocycles. The van der Waals surface area contributed by atoms with Crippen molar-refractivity contribution < 1.29 is 4.79 Å². The molecule has 1 amide bonds. The lowest BCUT2D eigenvalue weighted by Gasteiger charge is -2.28. The van der Waals surface area contributed by atoms with Gasteiger partial charge < -0.3 is 10.2 Å². The van der Waals surface area contributed by atoms with E-state index in [-0.39, 0.29) is 5.91 Å². The van der Waals surface area contributed by atoms with Crippen LogP contribution in [0, 0.1) is 0 Å².